The second kappa shape index (κ2) is 9.36. The largest absolute Gasteiger partial charge is 0.493 e. The predicted octanol–water partition coefficient (Wildman–Crippen LogP) is 4.25. The van der Waals surface area contributed by atoms with Crippen molar-refractivity contribution in [3.05, 3.63) is 23.8 Å². The van der Waals surface area contributed by atoms with Crippen LogP contribution >= 0.6 is 11.8 Å². The molecule has 27 heavy (non-hydrogen) atoms. The van der Waals surface area contributed by atoms with Crippen LogP contribution in [0.4, 0.5) is 13.6 Å². The number of hydrogen-bond acceptors (Lipinski definition) is 6. The predicted molar refractivity (Wildman–Crippen MR) is 103 cm³/mol. The van der Waals surface area contributed by atoms with Crippen LogP contribution in [-0.2, 0) is 0 Å². The van der Waals surface area contributed by atoms with Gasteiger partial charge in [-0.15, -0.1) is 0 Å². The highest BCUT2D eigenvalue weighted by atomic mass is 32.2. The molecule has 6 nitrogen and oxygen atoms in total. The molecular formula is C18H25F2N3O3S. The van der Waals surface area contributed by atoms with Crippen LogP contribution in [0.15, 0.2) is 23.3 Å². The fourth-order valence-electron chi connectivity index (χ4n) is 2.94. The first kappa shape index (κ1) is 21.4. The molecule has 1 aromatic rings. The number of hydrogen-bond donors (Lipinski definition) is 0. The number of benzene rings is 1. The van der Waals surface area contributed by atoms with Gasteiger partial charge >= 0.3 is 11.9 Å². The highest BCUT2D eigenvalue weighted by Gasteiger charge is 2.34. The average molecular weight is 401 g/mol. The molecule has 2 rings (SSSR count). The molecule has 0 aromatic heterocycles. The molecule has 0 fully saturated rings. The van der Waals surface area contributed by atoms with Crippen LogP contribution < -0.4 is 9.47 Å². The molecule has 1 amide bonds. The Labute approximate surface area is 162 Å². The van der Waals surface area contributed by atoms with Gasteiger partial charge in [0.25, 0.3) is 0 Å². The Bertz CT molecular complexity index is 700. The van der Waals surface area contributed by atoms with Crippen LogP contribution in [0.25, 0.3) is 0 Å². The van der Waals surface area contributed by atoms with E-state index in [1.54, 1.807) is 12.1 Å². The molecule has 0 N–H and O–H groups in total. The highest BCUT2D eigenvalue weighted by molar-refractivity contribution is 8.14. The molecule has 0 spiro atoms. The summed E-state index contributed by atoms with van der Waals surface area (Å²) in [5, 5.41) is 5.78. The van der Waals surface area contributed by atoms with E-state index < -0.39 is 6.61 Å². The Morgan fingerprint density at radius 1 is 1.30 bits per heavy atom. The number of methoxy groups -OCH3 is 1. The molecule has 1 aromatic carbocycles. The number of carbonyl (C=O) groups is 1. The van der Waals surface area contributed by atoms with Crippen molar-refractivity contribution in [1.29, 1.82) is 0 Å². The van der Waals surface area contributed by atoms with Gasteiger partial charge in [0.2, 0.25) is 0 Å². The first-order chi connectivity index (χ1) is 12.8. The lowest BCUT2D eigenvalue weighted by Crippen LogP contribution is -2.47. The zero-order valence-electron chi connectivity index (χ0n) is 16.1. The molecule has 0 bridgehead atoms. The first-order valence-corrected chi connectivity index (χ1v) is 9.58. The van der Waals surface area contributed by atoms with Gasteiger partial charge in [-0.25, -0.2) is 5.01 Å². The molecule has 1 aliphatic rings. The molecule has 9 heteroatoms. The van der Waals surface area contributed by atoms with Crippen molar-refractivity contribution in [1.82, 2.24) is 9.91 Å². The van der Waals surface area contributed by atoms with Crippen LogP contribution in [0, 0.1) is 0 Å². The number of amides is 1. The van der Waals surface area contributed by atoms with E-state index in [0.29, 0.717) is 24.1 Å². The molecule has 2 atom stereocenters. The molecule has 1 heterocycles. The Hall–Kier alpha value is -1.87. The van der Waals surface area contributed by atoms with Gasteiger partial charge in [0.05, 0.1) is 18.1 Å². The van der Waals surface area contributed by atoms with E-state index in [1.807, 2.05) is 32.8 Å². The average Bonchev–Trinajstić information content (AvgIpc) is 2.62. The summed E-state index contributed by atoms with van der Waals surface area (Å²) >= 11 is 1.20. The minimum atomic E-state index is -2.96. The number of hydrazone groups is 1. The van der Waals surface area contributed by atoms with Gasteiger partial charge < -0.3 is 9.47 Å². The third-order valence-corrected chi connectivity index (χ3v) is 5.47. The lowest BCUT2D eigenvalue weighted by atomic mass is 10.0. The van der Waals surface area contributed by atoms with Crippen molar-refractivity contribution in [2.24, 2.45) is 5.10 Å². The number of halogens is 2. The van der Waals surface area contributed by atoms with Crippen molar-refractivity contribution in [2.45, 2.75) is 44.7 Å². The third kappa shape index (κ3) is 4.90. The van der Waals surface area contributed by atoms with Gasteiger partial charge in [-0.3, -0.25) is 9.69 Å². The van der Waals surface area contributed by atoms with Crippen molar-refractivity contribution in [2.75, 3.05) is 21.2 Å². The number of alkyl halides is 2. The van der Waals surface area contributed by atoms with Gasteiger partial charge in [-0.1, -0.05) is 25.6 Å². The first-order valence-electron chi connectivity index (χ1n) is 8.70. The van der Waals surface area contributed by atoms with E-state index >= 15 is 0 Å². The lowest BCUT2D eigenvalue weighted by molar-refractivity contribution is -0.0512. The van der Waals surface area contributed by atoms with Crippen LogP contribution in [0.1, 0.15) is 32.3 Å². The maximum Gasteiger partial charge on any atom is 0.387 e. The fraction of sp³-hybridized carbons (Fsp3) is 0.556. The maximum atomic E-state index is 12.7. The molecule has 2 unspecified atom stereocenters. The minimum Gasteiger partial charge on any atom is -0.493 e. The van der Waals surface area contributed by atoms with Crippen LogP contribution in [0.2, 0.25) is 0 Å². The third-order valence-electron chi connectivity index (χ3n) is 4.24. The summed E-state index contributed by atoms with van der Waals surface area (Å²) in [5.41, 5.74) is 1.28. The topological polar surface area (TPSA) is 54.4 Å². The number of ether oxygens (including phenoxy) is 2. The molecule has 0 aliphatic carbocycles. The van der Waals surface area contributed by atoms with Crippen molar-refractivity contribution >= 4 is 22.7 Å². The molecule has 150 valence electrons. The Morgan fingerprint density at radius 2 is 2.00 bits per heavy atom. The summed E-state index contributed by atoms with van der Waals surface area (Å²) in [7, 11) is 5.16. The Morgan fingerprint density at radius 3 is 2.52 bits per heavy atom. The molecule has 0 saturated heterocycles. The van der Waals surface area contributed by atoms with Crippen molar-refractivity contribution in [3.63, 3.8) is 0 Å². The number of nitrogens with zero attached hydrogens (tertiary/aromatic N) is 3. The van der Waals surface area contributed by atoms with Gasteiger partial charge in [-0.2, -0.15) is 13.9 Å². The molecule has 0 radical (unpaired) electrons. The smallest absolute Gasteiger partial charge is 0.387 e. The minimum absolute atomic E-state index is 0.0596. The van der Waals surface area contributed by atoms with Crippen molar-refractivity contribution < 1.29 is 23.0 Å². The zero-order valence-corrected chi connectivity index (χ0v) is 16.9. The zero-order chi connectivity index (χ0) is 20.1. The normalized spacial score (nSPS) is 18.7. The number of carbonyl (C=O) groups excluding carboxylic acids is 1. The van der Waals surface area contributed by atoms with Crippen LogP contribution in [0.5, 0.6) is 11.5 Å². The molecule has 0 saturated carbocycles. The quantitative estimate of drug-likeness (QED) is 0.652. The van der Waals surface area contributed by atoms with Gasteiger partial charge in [0.15, 0.2) is 11.5 Å². The SMILES string of the molecule is CCC1SC(=O)N(C(CC)N(C)C)N=C1c1ccc(OC)c(OC(F)F)c1. The number of rotatable bonds is 8. The lowest BCUT2D eigenvalue weighted by Gasteiger charge is -2.36. The summed E-state index contributed by atoms with van der Waals surface area (Å²) in [4.78, 5) is 14.5. The highest BCUT2D eigenvalue weighted by Crippen LogP contribution is 2.35. The second-order valence-corrected chi connectivity index (χ2v) is 7.36. The van der Waals surface area contributed by atoms with E-state index in [0.717, 1.165) is 0 Å². The van der Waals surface area contributed by atoms with Gasteiger partial charge in [-0.05, 0) is 45.1 Å². The maximum absolute atomic E-state index is 12.7. The number of thioether (sulfide) groups is 1. The van der Waals surface area contributed by atoms with E-state index in [-0.39, 0.29) is 28.2 Å². The van der Waals surface area contributed by atoms with Gasteiger partial charge in [0, 0.05) is 5.56 Å². The summed E-state index contributed by atoms with van der Waals surface area (Å²) < 4.78 is 35.1. The summed E-state index contributed by atoms with van der Waals surface area (Å²) in [6.07, 6.45) is 1.20. The molecule has 1 aliphatic heterocycles. The monoisotopic (exact) mass is 401 g/mol. The molecular weight excluding hydrogens is 376 g/mol. The van der Waals surface area contributed by atoms with E-state index in [1.165, 1.54) is 29.9 Å². The standard InChI is InChI=1S/C18H25F2N3O3S/c1-6-14-16(21-23(18(24)27-14)15(7-2)22(3)4)11-8-9-12(25-5)13(10-11)26-17(19)20/h8-10,14-15,17H,6-7H2,1-5H3. The summed E-state index contributed by atoms with van der Waals surface area (Å²) in [6, 6.07) is 4.79. The van der Waals surface area contributed by atoms with Gasteiger partial charge in [0.1, 0.15) is 6.17 Å². The summed E-state index contributed by atoms with van der Waals surface area (Å²) in [5.74, 6) is 0.152. The van der Waals surface area contributed by atoms with Crippen molar-refractivity contribution in [3.8, 4) is 11.5 Å². The van der Waals surface area contributed by atoms with E-state index in [4.69, 9.17) is 4.74 Å². The van der Waals surface area contributed by atoms with Crippen LogP contribution in [-0.4, -0.2) is 60.1 Å². The Kier molecular flexibility index (Phi) is 7.43. The van der Waals surface area contributed by atoms with E-state index in [9.17, 15) is 13.6 Å². The summed E-state index contributed by atoms with van der Waals surface area (Å²) in [6.45, 7) is 0.973. The van der Waals surface area contributed by atoms with E-state index in [2.05, 4.69) is 9.84 Å². The Balaban J connectivity index is 2.50. The second-order valence-electron chi connectivity index (χ2n) is 6.21. The fourth-order valence-corrected chi connectivity index (χ4v) is 3.92. The van der Waals surface area contributed by atoms with Crippen LogP contribution in [0.3, 0.4) is 0 Å².